The average Bonchev–Trinajstić information content (AvgIpc) is 2.96. The average molecular weight is 383 g/mol. The smallest absolute Gasteiger partial charge is 0.273 e. The van der Waals surface area contributed by atoms with Crippen LogP contribution in [0.25, 0.3) is 0 Å². The van der Waals surface area contributed by atoms with Crippen molar-refractivity contribution in [1.29, 1.82) is 0 Å². The van der Waals surface area contributed by atoms with Crippen LogP contribution in [0.2, 0.25) is 0 Å². The molecule has 2 aliphatic heterocycles. The maximum Gasteiger partial charge on any atom is 0.273 e. The van der Waals surface area contributed by atoms with Gasteiger partial charge in [0.15, 0.2) is 0 Å². The zero-order valence-electron chi connectivity index (χ0n) is 15.9. The molecular weight excluding hydrogens is 358 g/mol. The lowest BCUT2D eigenvalue weighted by Crippen LogP contribution is -2.40. The molecule has 2 aromatic rings. The number of nitrogens with zero attached hydrogens (tertiary/aromatic N) is 5. The summed E-state index contributed by atoms with van der Waals surface area (Å²) in [6.07, 6.45) is 6.45. The number of carbonyl (C=O) groups is 1. The van der Waals surface area contributed by atoms with E-state index in [2.05, 4.69) is 14.8 Å². The number of nitro groups is 1. The molecule has 1 fully saturated rings. The molecule has 1 aromatic heterocycles. The van der Waals surface area contributed by atoms with Crippen molar-refractivity contribution in [3.63, 3.8) is 0 Å². The standard InChI is InChI=1S/C20H25N5O3/c26-19(13-15-7-3-4-9-17(15)25(27)28)23-11-6-8-16(14-23)20-22-21-18-10-2-1-5-12-24(18)20/h3-4,7,9,16H,1-2,5-6,8,10-14H2. The van der Waals surface area contributed by atoms with Crippen LogP contribution in [-0.2, 0) is 24.2 Å². The first kappa shape index (κ1) is 18.6. The summed E-state index contributed by atoms with van der Waals surface area (Å²) in [6, 6.07) is 6.48. The summed E-state index contributed by atoms with van der Waals surface area (Å²) < 4.78 is 2.26. The molecular formula is C20H25N5O3. The third kappa shape index (κ3) is 3.76. The summed E-state index contributed by atoms with van der Waals surface area (Å²) in [5.41, 5.74) is 0.475. The molecule has 0 radical (unpaired) electrons. The van der Waals surface area contributed by atoms with Crippen molar-refractivity contribution in [2.75, 3.05) is 13.1 Å². The lowest BCUT2D eigenvalue weighted by atomic mass is 9.96. The summed E-state index contributed by atoms with van der Waals surface area (Å²) >= 11 is 0. The van der Waals surface area contributed by atoms with Gasteiger partial charge < -0.3 is 9.47 Å². The van der Waals surface area contributed by atoms with E-state index in [1.807, 2.05) is 4.90 Å². The van der Waals surface area contributed by atoms with Crippen molar-refractivity contribution < 1.29 is 9.72 Å². The zero-order chi connectivity index (χ0) is 19.5. The predicted octanol–water partition coefficient (Wildman–Crippen LogP) is 2.86. The van der Waals surface area contributed by atoms with Crippen LogP contribution in [0.3, 0.4) is 0 Å². The highest BCUT2D eigenvalue weighted by Gasteiger charge is 2.30. The molecule has 8 nitrogen and oxygen atoms in total. The minimum Gasteiger partial charge on any atom is -0.342 e. The fraction of sp³-hybridized carbons (Fsp3) is 0.550. The van der Waals surface area contributed by atoms with Gasteiger partial charge in [0.05, 0.1) is 11.3 Å². The maximum atomic E-state index is 12.9. The SMILES string of the molecule is O=C(Cc1ccccc1[N+](=O)[O-])N1CCCC(c2nnc3n2CCCCC3)C1. The van der Waals surface area contributed by atoms with Crippen LogP contribution in [0.5, 0.6) is 0 Å². The second-order valence-electron chi connectivity index (χ2n) is 7.68. The fourth-order valence-corrected chi connectivity index (χ4v) is 4.34. The molecule has 0 spiro atoms. The number of benzene rings is 1. The van der Waals surface area contributed by atoms with Gasteiger partial charge in [0.25, 0.3) is 5.69 Å². The molecule has 3 heterocycles. The Labute approximate surface area is 163 Å². The van der Waals surface area contributed by atoms with Gasteiger partial charge in [-0.15, -0.1) is 10.2 Å². The molecule has 4 rings (SSSR count). The first-order chi connectivity index (χ1) is 13.6. The van der Waals surface area contributed by atoms with E-state index in [9.17, 15) is 14.9 Å². The molecule has 0 N–H and O–H groups in total. The van der Waals surface area contributed by atoms with Gasteiger partial charge in [0.2, 0.25) is 5.91 Å². The maximum absolute atomic E-state index is 12.9. The van der Waals surface area contributed by atoms with Gasteiger partial charge in [-0.05, 0) is 25.7 Å². The minimum absolute atomic E-state index is 0.00665. The molecule has 28 heavy (non-hydrogen) atoms. The molecule has 0 saturated carbocycles. The molecule has 1 saturated heterocycles. The van der Waals surface area contributed by atoms with E-state index >= 15 is 0 Å². The van der Waals surface area contributed by atoms with Crippen molar-refractivity contribution in [3.8, 4) is 0 Å². The third-order valence-corrected chi connectivity index (χ3v) is 5.81. The topological polar surface area (TPSA) is 94.2 Å². The van der Waals surface area contributed by atoms with E-state index in [0.29, 0.717) is 18.7 Å². The normalized spacial score (nSPS) is 19.7. The molecule has 148 valence electrons. The van der Waals surface area contributed by atoms with Gasteiger partial charge in [-0.3, -0.25) is 14.9 Å². The van der Waals surface area contributed by atoms with Crippen LogP contribution in [0.4, 0.5) is 5.69 Å². The van der Waals surface area contributed by atoms with Crippen LogP contribution < -0.4 is 0 Å². The van der Waals surface area contributed by atoms with Crippen LogP contribution in [-0.4, -0.2) is 43.6 Å². The minimum atomic E-state index is -0.424. The Morgan fingerprint density at radius 1 is 1.14 bits per heavy atom. The Kier molecular flexibility index (Phi) is 5.36. The third-order valence-electron chi connectivity index (χ3n) is 5.81. The highest BCUT2D eigenvalue weighted by atomic mass is 16.6. The highest BCUT2D eigenvalue weighted by molar-refractivity contribution is 5.80. The first-order valence-corrected chi connectivity index (χ1v) is 10.1. The Hall–Kier alpha value is -2.77. The van der Waals surface area contributed by atoms with E-state index in [0.717, 1.165) is 50.3 Å². The number of piperidine rings is 1. The quantitative estimate of drug-likeness (QED) is 0.598. The number of likely N-dealkylation sites (tertiary alicyclic amines) is 1. The number of hydrogen-bond acceptors (Lipinski definition) is 5. The summed E-state index contributed by atoms with van der Waals surface area (Å²) in [6.45, 7) is 2.26. The highest BCUT2D eigenvalue weighted by Crippen LogP contribution is 2.29. The predicted molar refractivity (Wildman–Crippen MR) is 103 cm³/mol. The molecule has 1 atom stereocenters. The number of hydrogen-bond donors (Lipinski definition) is 0. The Bertz CT molecular complexity index is 878. The van der Waals surface area contributed by atoms with Gasteiger partial charge in [-0.25, -0.2) is 0 Å². The summed E-state index contributed by atoms with van der Waals surface area (Å²) in [5.74, 6) is 2.19. The van der Waals surface area contributed by atoms with E-state index in [1.165, 1.54) is 12.5 Å². The number of amides is 1. The first-order valence-electron chi connectivity index (χ1n) is 10.1. The molecule has 1 amide bonds. The zero-order valence-corrected chi connectivity index (χ0v) is 15.9. The Balaban J connectivity index is 1.48. The summed E-state index contributed by atoms with van der Waals surface area (Å²) in [4.78, 5) is 25.5. The number of nitro benzene ring substituents is 1. The number of fused-ring (bicyclic) bond motifs is 1. The Morgan fingerprint density at radius 3 is 2.86 bits per heavy atom. The largest absolute Gasteiger partial charge is 0.342 e. The fourth-order valence-electron chi connectivity index (χ4n) is 4.34. The van der Waals surface area contributed by atoms with E-state index < -0.39 is 4.92 Å². The van der Waals surface area contributed by atoms with Crippen molar-refractivity contribution in [3.05, 3.63) is 51.6 Å². The molecule has 0 aliphatic carbocycles. The van der Waals surface area contributed by atoms with Crippen LogP contribution in [0.15, 0.2) is 24.3 Å². The summed E-state index contributed by atoms with van der Waals surface area (Å²) in [5, 5.41) is 20.1. The molecule has 2 aliphatic rings. The number of aryl methyl sites for hydroxylation is 1. The molecule has 1 unspecified atom stereocenters. The van der Waals surface area contributed by atoms with Gasteiger partial charge in [0.1, 0.15) is 11.6 Å². The molecule has 1 aromatic carbocycles. The molecule has 8 heteroatoms. The van der Waals surface area contributed by atoms with Gasteiger partial charge in [-0.2, -0.15) is 0 Å². The lowest BCUT2D eigenvalue weighted by molar-refractivity contribution is -0.385. The Morgan fingerprint density at radius 2 is 2.00 bits per heavy atom. The summed E-state index contributed by atoms with van der Waals surface area (Å²) in [7, 11) is 0. The monoisotopic (exact) mass is 383 g/mol. The van der Waals surface area contributed by atoms with Gasteiger partial charge in [-0.1, -0.05) is 24.6 Å². The van der Waals surface area contributed by atoms with Gasteiger partial charge >= 0.3 is 0 Å². The number of rotatable bonds is 4. The second-order valence-corrected chi connectivity index (χ2v) is 7.68. The van der Waals surface area contributed by atoms with Crippen molar-refractivity contribution >= 4 is 11.6 Å². The second kappa shape index (κ2) is 8.08. The molecule has 0 bridgehead atoms. The van der Waals surface area contributed by atoms with Crippen LogP contribution >= 0.6 is 0 Å². The van der Waals surface area contributed by atoms with Crippen LogP contribution in [0.1, 0.15) is 55.2 Å². The van der Waals surface area contributed by atoms with Crippen molar-refractivity contribution in [2.45, 2.75) is 57.4 Å². The number of carbonyl (C=O) groups excluding carboxylic acids is 1. The van der Waals surface area contributed by atoms with E-state index in [4.69, 9.17) is 0 Å². The number of aromatic nitrogens is 3. The van der Waals surface area contributed by atoms with E-state index in [-0.39, 0.29) is 23.9 Å². The van der Waals surface area contributed by atoms with Crippen LogP contribution in [0, 0.1) is 10.1 Å². The van der Waals surface area contributed by atoms with Gasteiger partial charge in [0, 0.05) is 43.6 Å². The van der Waals surface area contributed by atoms with Crippen molar-refractivity contribution in [1.82, 2.24) is 19.7 Å². The lowest BCUT2D eigenvalue weighted by Gasteiger charge is -2.32. The van der Waals surface area contributed by atoms with Crippen molar-refractivity contribution in [2.24, 2.45) is 0 Å². The van der Waals surface area contributed by atoms with E-state index in [1.54, 1.807) is 18.2 Å². The number of para-hydroxylation sites is 1.